The first-order valence-electron chi connectivity index (χ1n) is 6.33. The maximum Gasteiger partial charge on any atom is 0.326 e. The van der Waals surface area contributed by atoms with Crippen LogP contribution in [0.3, 0.4) is 0 Å². The first-order chi connectivity index (χ1) is 9.34. The van der Waals surface area contributed by atoms with Crippen LogP contribution < -0.4 is 10.6 Å². The summed E-state index contributed by atoms with van der Waals surface area (Å²) < 4.78 is 5.19. The lowest BCUT2D eigenvalue weighted by molar-refractivity contribution is 0.261. The van der Waals surface area contributed by atoms with E-state index in [1.807, 2.05) is 39.8 Å². The molecule has 2 heterocycles. The molecule has 0 fully saturated rings. The molecule has 6 nitrogen and oxygen atoms in total. The Bertz CT molecular complexity index is 614. The lowest BCUT2D eigenvalue weighted by Gasteiger charge is -2.12. The highest BCUT2D eigenvalue weighted by Gasteiger charge is 2.20. The van der Waals surface area contributed by atoms with Crippen molar-refractivity contribution in [1.29, 1.82) is 0 Å². The van der Waals surface area contributed by atoms with Gasteiger partial charge in [-0.15, -0.1) is 0 Å². The molecule has 2 N–H and O–H groups in total. The highest BCUT2D eigenvalue weighted by molar-refractivity contribution is 5.98. The van der Waals surface area contributed by atoms with E-state index < -0.39 is 6.03 Å². The van der Waals surface area contributed by atoms with Crippen LogP contribution in [0.15, 0.2) is 28.8 Å². The minimum Gasteiger partial charge on any atom is -0.359 e. The zero-order valence-corrected chi connectivity index (χ0v) is 12.0. The normalized spacial score (nSPS) is 11.2. The Morgan fingerprint density at radius 3 is 2.50 bits per heavy atom. The summed E-state index contributed by atoms with van der Waals surface area (Å²) in [7, 11) is 0. The van der Waals surface area contributed by atoms with Gasteiger partial charge in [0.15, 0.2) is 5.82 Å². The Morgan fingerprint density at radius 1 is 1.20 bits per heavy atom. The molecule has 2 aromatic heterocycles. The second kappa shape index (κ2) is 5.32. The number of nitrogens with zero attached hydrogens (tertiary/aromatic N) is 2. The van der Waals surface area contributed by atoms with Gasteiger partial charge in [-0.05, 0) is 19.1 Å². The molecule has 2 rings (SSSR count). The van der Waals surface area contributed by atoms with Crippen LogP contribution in [0.4, 0.5) is 16.4 Å². The van der Waals surface area contributed by atoms with Gasteiger partial charge in [0.1, 0.15) is 11.6 Å². The van der Waals surface area contributed by atoms with Gasteiger partial charge in [-0.1, -0.05) is 32.0 Å². The minimum atomic E-state index is -0.406. The van der Waals surface area contributed by atoms with Gasteiger partial charge in [0.2, 0.25) is 0 Å². The van der Waals surface area contributed by atoms with E-state index in [0.29, 0.717) is 17.4 Å². The average molecular weight is 274 g/mol. The van der Waals surface area contributed by atoms with Crippen molar-refractivity contribution in [3.05, 3.63) is 35.7 Å². The first-order valence-corrected chi connectivity index (χ1v) is 6.33. The molecule has 6 heteroatoms. The monoisotopic (exact) mass is 274 g/mol. The van der Waals surface area contributed by atoms with Crippen LogP contribution in [-0.2, 0) is 5.41 Å². The average Bonchev–Trinajstić information content (AvgIpc) is 2.76. The summed E-state index contributed by atoms with van der Waals surface area (Å²) in [6, 6.07) is 6.71. The van der Waals surface area contributed by atoms with E-state index in [4.69, 9.17) is 4.52 Å². The van der Waals surface area contributed by atoms with Crippen molar-refractivity contribution in [3.8, 4) is 0 Å². The van der Waals surface area contributed by atoms with E-state index in [9.17, 15) is 4.79 Å². The van der Waals surface area contributed by atoms with Gasteiger partial charge in [-0.25, -0.2) is 9.78 Å². The maximum absolute atomic E-state index is 11.8. The number of aromatic nitrogens is 2. The van der Waals surface area contributed by atoms with E-state index in [-0.39, 0.29) is 5.41 Å². The van der Waals surface area contributed by atoms with E-state index >= 15 is 0 Å². The van der Waals surface area contributed by atoms with Crippen molar-refractivity contribution in [3.63, 3.8) is 0 Å². The molecular weight excluding hydrogens is 256 g/mol. The largest absolute Gasteiger partial charge is 0.359 e. The summed E-state index contributed by atoms with van der Waals surface area (Å²) in [5.74, 6) is 1.57. The lowest BCUT2D eigenvalue weighted by atomic mass is 9.93. The molecule has 0 aromatic carbocycles. The van der Waals surface area contributed by atoms with Crippen molar-refractivity contribution in [1.82, 2.24) is 10.1 Å². The number of rotatable bonds is 2. The smallest absolute Gasteiger partial charge is 0.326 e. The number of amides is 2. The Morgan fingerprint density at radius 2 is 1.90 bits per heavy atom. The molecule has 20 heavy (non-hydrogen) atoms. The number of anilines is 2. The minimum absolute atomic E-state index is 0.151. The molecule has 2 aromatic rings. The third kappa shape index (κ3) is 3.57. The lowest BCUT2D eigenvalue weighted by Crippen LogP contribution is -2.20. The standard InChI is InChI=1S/C14H18N4O2/c1-9-6-5-7-11(15-9)16-13(19)17-12-8-10(20-18-12)14(2,3)4/h5-8H,1-4H3,(H2,15,16,17,18,19). The Kier molecular flexibility index (Phi) is 3.74. The van der Waals surface area contributed by atoms with Gasteiger partial charge in [-0.3, -0.25) is 10.6 Å². The van der Waals surface area contributed by atoms with Crippen LogP contribution in [-0.4, -0.2) is 16.2 Å². The molecule has 0 radical (unpaired) electrons. The van der Waals surface area contributed by atoms with Crippen LogP contribution >= 0.6 is 0 Å². The highest BCUT2D eigenvalue weighted by atomic mass is 16.5. The molecule has 2 amide bonds. The summed E-state index contributed by atoms with van der Waals surface area (Å²) in [6.07, 6.45) is 0. The second-order valence-electron chi connectivity index (χ2n) is 5.57. The molecule has 0 saturated heterocycles. The fourth-order valence-electron chi connectivity index (χ4n) is 1.56. The number of urea groups is 1. The van der Waals surface area contributed by atoms with Crippen molar-refractivity contribution >= 4 is 17.7 Å². The highest BCUT2D eigenvalue weighted by Crippen LogP contribution is 2.24. The Labute approximate surface area is 117 Å². The van der Waals surface area contributed by atoms with E-state index in [1.165, 1.54) is 0 Å². The van der Waals surface area contributed by atoms with Crippen LogP contribution in [0.5, 0.6) is 0 Å². The molecule has 0 unspecified atom stereocenters. The predicted molar refractivity (Wildman–Crippen MR) is 76.8 cm³/mol. The Hall–Kier alpha value is -2.37. The number of carbonyl (C=O) groups excluding carboxylic acids is 1. The van der Waals surface area contributed by atoms with E-state index in [0.717, 1.165) is 5.69 Å². The van der Waals surface area contributed by atoms with Crippen molar-refractivity contribution < 1.29 is 9.32 Å². The number of hydrogen-bond donors (Lipinski definition) is 2. The van der Waals surface area contributed by atoms with E-state index in [1.54, 1.807) is 12.1 Å². The number of nitrogens with one attached hydrogen (secondary N) is 2. The van der Waals surface area contributed by atoms with Gasteiger partial charge in [-0.2, -0.15) is 0 Å². The molecular formula is C14H18N4O2. The molecule has 106 valence electrons. The van der Waals surface area contributed by atoms with E-state index in [2.05, 4.69) is 20.8 Å². The first kappa shape index (κ1) is 14.0. The quantitative estimate of drug-likeness (QED) is 0.880. The summed E-state index contributed by atoms with van der Waals surface area (Å²) in [5.41, 5.74) is 0.681. The van der Waals surface area contributed by atoms with Crippen LogP contribution in [0.2, 0.25) is 0 Å². The zero-order chi connectivity index (χ0) is 14.8. The van der Waals surface area contributed by atoms with Crippen LogP contribution in [0.25, 0.3) is 0 Å². The SMILES string of the molecule is Cc1cccc(NC(=O)Nc2cc(C(C)(C)C)on2)n1. The summed E-state index contributed by atoms with van der Waals surface area (Å²) in [4.78, 5) is 16.0. The molecule has 0 saturated carbocycles. The topological polar surface area (TPSA) is 80.0 Å². The summed E-state index contributed by atoms with van der Waals surface area (Å²) >= 11 is 0. The molecule has 0 aliphatic carbocycles. The summed E-state index contributed by atoms with van der Waals surface area (Å²) in [5, 5.41) is 9.06. The maximum atomic E-state index is 11.8. The molecule has 0 bridgehead atoms. The van der Waals surface area contributed by atoms with Crippen molar-refractivity contribution in [2.24, 2.45) is 0 Å². The van der Waals surface area contributed by atoms with Crippen molar-refractivity contribution in [2.45, 2.75) is 33.1 Å². The number of pyridine rings is 1. The molecule has 0 spiro atoms. The summed E-state index contributed by atoms with van der Waals surface area (Å²) in [6.45, 7) is 7.88. The fraction of sp³-hybridized carbons (Fsp3) is 0.357. The number of hydrogen-bond acceptors (Lipinski definition) is 4. The number of carbonyl (C=O) groups is 1. The molecule has 0 atom stereocenters. The second-order valence-corrected chi connectivity index (χ2v) is 5.57. The predicted octanol–water partition coefficient (Wildman–Crippen LogP) is 3.32. The molecule has 0 aliphatic rings. The Balaban J connectivity index is 2.00. The van der Waals surface area contributed by atoms with Gasteiger partial charge in [0.05, 0.1) is 0 Å². The number of aryl methyl sites for hydroxylation is 1. The van der Waals surface area contributed by atoms with Crippen molar-refractivity contribution in [2.75, 3.05) is 10.6 Å². The fourth-order valence-corrected chi connectivity index (χ4v) is 1.56. The van der Waals surface area contributed by atoms with Crippen LogP contribution in [0, 0.1) is 6.92 Å². The van der Waals surface area contributed by atoms with Gasteiger partial charge in [0, 0.05) is 17.2 Å². The third-order valence-corrected chi connectivity index (χ3v) is 2.62. The third-order valence-electron chi connectivity index (χ3n) is 2.62. The van der Waals surface area contributed by atoms with Gasteiger partial charge in [0.25, 0.3) is 0 Å². The molecule has 0 aliphatic heterocycles. The van der Waals surface area contributed by atoms with Crippen LogP contribution in [0.1, 0.15) is 32.2 Å². The zero-order valence-electron chi connectivity index (χ0n) is 12.0. The van der Waals surface area contributed by atoms with Gasteiger partial charge < -0.3 is 4.52 Å². The van der Waals surface area contributed by atoms with Gasteiger partial charge >= 0.3 is 6.03 Å².